The van der Waals surface area contributed by atoms with E-state index in [9.17, 15) is 9.59 Å². The zero-order chi connectivity index (χ0) is 17.4. The van der Waals surface area contributed by atoms with Crippen molar-refractivity contribution in [1.29, 1.82) is 0 Å². The second-order valence-corrected chi connectivity index (χ2v) is 6.01. The normalized spacial score (nSPS) is 17.2. The Morgan fingerprint density at radius 1 is 1.40 bits per heavy atom. The fraction of sp³-hybridized carbons (Fsp3) is 0.294. The van der Waals surface area contributed by atoms with Gasteiger partial charge in [-0.05, 0) is 6.07 Å². The van der Waals surface area contributed by atoms with Crippen LogP contribution in [0.2, 0.25) is 0 Å². The Morgan fingerprint density at radius 2 is 2.28 bits per heavy atom. The topological polar surface area (TPSA) is 93.1 Å². The number of hydrogen-bond acceptors (Lipinski definition) is 5. The first-order valence-electron chi connectivity index (χ1n) is 8.04. The third-order valence-corrected chi connectivity index (χ3v) is 4.37. The molecule has 8 heteroatoms. The summed E-state index contributed by atoms with van der Waals surface area (Å²) in [6.45, 7) is 0.973. The highest BCUT2D eigenvalue weighted by Gasteiger charge is 2.30. The number of H-pyrrole nitrogens is 1. The number of rotatable bonds is 3. The first kappa shape index (κ1) is 15.4. The van der Waals surface area contributed by atoms with Crippen LogP contribution in [0, 0.1) is 0 Å². The fourth-order valence-corrected chi connectivity index (χ4v) is 3.05. The van der Waals surface area contributed by atoms with E-state index in [0.29, 0.717) is 36.4 Å². The second kappa shape index (κ2) is 6.04. The van der Waals surface area contributed by atoms with Gasteiger partial charge in [0.15, 0.2) is 0 Å². The van der Waals surface area contributed by atoms with Crippen molar-refractivity contribution in [2.24, 2.45) is 7.05 Å². The van der Waals surface area contributed by atoms with E-state index < -0.39 is 0 Å². The molecule has 1 saturated heterocycles. The number of aryl methyl sites for hydroxylation is 1. The minimum absolute atomic E-state index is 0.124. The van der Waals surface area contributed by atoms with Gasteiger partial charge in [0.05, 0.1) is 18.1 Å². The molecule has 1 amide bonds. The number of nitrogens with one attached hydrogen (secondary N) is 1. The van der Waals surface area contributed by atoms with Gasteiger partial charge in [0.1, 0.15) is 17.3 Å². The Hall–Kier alpha value is -3.16. The molecule has 3 aromatic rings. The number of hydrogen-bond donors (Lipinski definition) is 1. The maximum Gasteiger partial charge on any atom is 0.259 e. The van der Waals surface area contributed by atoms with Crippen molar-refractivity contribution in [1.82, 2.24) is 24.6 Å². The zero-order valence-corrected chi connectivity index (χ0v) is 13.7. The van der Waals surface area contributed by atoms with E-state index >= 15 is 0 Å². The number of carbonyl (C=O) groups is 1. The Kier molecular flexibility index (Phi) is 3.72. The van der Waals surface area contributed by atoms with Crippen LogP contribution >= 0.6 is 0 Å². The van der Waals surface area contributed by atoms with Gasteiger partial charge in [-0.1, -0.05) is 6.07 Å². The number of aromatic nitrogens is 4. The number of aromatic amines is 1. The molecule has 1 aliphatic heterocycles. The fourth-order valence-electron chi connectivity index (χ4n) is 3.05. The molecule has 0 aromatic carbocycles. The molecule has 0 aliphatic carbocycles. The standard InChI is InChI=1S/C17H17N5O3/c1-21-16-12(9-20-21)15(23)13(8-19-16)17(24)22-7-5-11(10-22)25-14-4-2-3-6-18-14/h2-4,6,8-9,11H,5,7,10H2,1H3,(H,19,23). The smallest absolute Gasteiger partial charge is 0.259 e. The van der Waals surface area contributed by atoms with Crippen LogP contribution in [0.25, 0.3) is 11.0 Å². The Morgan fingerprint density at radius 3 is 3.08 bits per heavy atom. The van der Waals surface area contributed by atoms with Crippen molar-refractivity contribution in [3.8, 4) is 5.88 Å². The van der Waals surface area contributed by atoms with E-state index in [1.165, 1.54) is 12.4 Å². The molecular formula is C17H17N5O3. The number of pyridine rings is 2. The second-order valence-electron chi connectivity index (χ2n) is 6.01. The van der Waals surface area contributed by atoms with E-state index in [1.807, 2.05) is 12.1 Å². The summed E-state index contributed by atoms with van der Waals surface area (Å²) in [7, 11) is 1.74. The summed E-state index contributed by atoms with van der Waals surface area (Å²) in [4.78, 5) is 34.0. The molecule has 1 fully saturated rings. The van der Waals surface area contributed by atoms with Crippen LogP contribution in [0.5, 0.6) is 5.88 Å². The Bertz CT molecular complexity index is 979. The van der Waals surface area contributed by atoms with E-state index in [0.717, 1.165) is 0 Å². The quantitative estimate of drug-likeness (QED) is 0.767. The van der Waals surface area contributed by atoms with Crippen LogP contribution in [-0.2, 0) is 7.05 Å². The highest BCUT2D eigenvalue weighted by molar-refractivity contribution is 5.96. The molecule has 4 rings (SSSR count). The van der Waals surface area contributed by atoms with Crippen molar-refractivity contribution in [2.75, 3.05) is 13.1 Å². The predicted molar refractivity (Wildman–Crippen MR) is 90.5 cm³/mol. The molecule has 0 bridgehead atoms. The summed E-state index contributed by atoms with van der Waals surface area (Å²) in [6, 6.07) is 5.45. The van der Waals surface area contributed by atoms with Gasteiger partial charge in [0.25, 0.3) is 5.91 Å². The first-order chi connectivity index (χ1) is 12.1. The van der Waals surface area contributed by atoms with Crippen LogP contribution in [0.15, 0.2) is 41.6 Å². The average molecular weight is 339 g/mol. The number of nitrogens with zero attached hydrogens (tertiary/aromatic N) is 4. The predicted octanol–water partition coefficient (Wildman–Crippen LogP) is 0.950. The van der Waals surface area contributed by atoms with E-state index in [2.05, 4.69) is 15.1 Å². The molecule has 1 atom stereocenters. The van der Waals surface area contributed by atoms with E-state index in [4.69, 9.17) is 4.74 Å². The lowest BCUT2D eigenvalue weighted by molar-refractivity contribution is 0.0770. The van der Waals surface area contributed by atoms with E-state index in [1.54, 1.807) is 28.9 Å². The number of ether oxygens (including phenoxy) is 1. The van der Waals surface area contributed by atoms with Gasteiger partial charge in [-0.25, -0.2) is 4.98 Å². The number of fused-ring (bicyclic) bond motifs is 1. The van der Waals surface area contributed by atoms with Crippen molar-refractivity contribution in [2.45, 2.75) is 12.5 Å². The molecule has 128 valence electrons. The molecule has 0 spiro atoms. The molecule has 8 nitrogen and oxygen atoms in total. The SMILES string of the molecule is Cn1ncc2c(=O)c(C(=O)N3CCC(Oc4ccccn4)C3)c[nH]c21. The number of amides is 1. The molecule has 3 aromatic heterocycles. The minimum Gasteiger partial charge on any atom is -0.472 e. The zero-order valence-electron chi connectivity index (χ0n) is 13.7. The maximum atomic E-state index is 12.7. The molecule has 1 unspecified atom stereocenters. The van der Waals surface area contributed by atoms with Gasteiger partial charge in [0, 0.05) is 38.5 Å². The third kappa shape index (κ3) is 2.75. The average Bonchev–Trinajstić information content (AvgIpc) is 3.23. The Balaban J connectivity index is 1.52. The summed E-state index contributed by atoms with van der Waals surface area (Å²) in [5.41, 5.74) is 0.416. The van der Waals surface area contributed by atoms with Gasteiger partial charge in [-0.2, -0.15) is 5.10 Å². The van der Waals surface area contributed by atoms with Crippen LogP contribution in [0.3, 0.4) is 0 Å². The van der Waals surface area contributed by atoms with Crippen LogP contribution in [0.1, 0.15) is 16.8 Å². The lowest BCUT2D eigenvalue weighted by Crippen LogP contribution is -2.34. The molecular weight excluding hydrogens is 322 g/mol. The van der Waals surface area contributed by atoms with Crippen molar-refractivity contribution < 1.29 is 9.53 Å². The summed E-state index contributed by atoms with van der Waals surface area (Å²) >= 11 is 0. The molecule has 1 aliphatic rings. The lowest BCUT2D eigenvalue weighted by Gasteiger charge is -2.16. The van der Waals surface area contributed by atoms with Crippen LogP contribution in [0.4, 0.5) is 0 Å². The minimum atomic E-state index is -0.305. The van der Waals surface area contributed by atoms with Crippen LogP contribution < -0.4 is 10.2 Å². The largest absolute Gasteiger partial charge is 0.472 e. The van der Waals surface area contributed by atoms with Crippen LogP contribution in [-0.4, -0.2) is 49.7 Å². The molecule has 25 heavy (non-hydrogen) atoms. The summed E-state index contributed by atoms with van der Waals surface area (Å²) in [5.74, 6) is 0.246. The van der Waals surface area contributed by atoms with Gasteiger partial charge in [-0.15, -0.1) is 0 Å². The van der Waals surface area contributed by atoms with Crippen molar-refractivity contribution >= 4 is 16.9 Å². The molecule has 0 saturated carbocycles. The lowest BCUT2D eigenvalue weighted by atomic mass is 10.2. The third-order valence-electron chi connectivity index (χ3n) is 4.37. The van der Waals surface area contributed by atoms with Gasteiger partial charge < -0.3 is 14.6 Å². The van der Waals surface area contributed by atoms with E-state index in [-0.39, 0.29) is 23.0 Å². The highest BCUT2D eigenvalue weighted by atomic mass is 16.5. The first-order valence-corrected chi connectivity index (χ1v) is 8.04. The summed E-state index contributed by atoms with van der Waals surface area (Å²) in [5, 5.41) is 4.46. The summed E-state index contributed by atoms with van der Waals surface area (Å²) in [6.07, 6.45) is 5.18. The molecule has 1 N–H and O–H groups in total. The Labute approximate surface area is 143 Å². The van der Waals surface area contributed by atoms with Crippen molar-refractivity contribution in [3.63, 3.8) is 0 Å². The maximum absolute atomic E-state index is 12.7. The number of likely N-dealkylation sites (tertiary alicyclic amines) is 1. The number of carbonyl (C=O) groups excluding carboxylic acids is 1. The molecule has 0 radical (unpaired) electrons. The van der Waals surface area contributed by atoms with Gasteiger partial charge >= 0.3 is 0 Å². The summed E-state index contributed by atoms with van der Waals surface area (Å²) < 4.78 is 7.36. The van der Waals surface area contributed by atoms with Gasteiger partial charge in [-0.3, -0.25) is 14.3 Å². The van der Waals surface area contributed by atoms with Crippen molar-refractivity contribution in [3.05, 3.63) is 52.6 Å². The van der Waals surface area contributed by atoms with Gasteiger partial charge in [0.2, 0.25) is 11.3 Å². The highest BCUT2D eigenvalue weighted by Crippen LogP contribution is 2.18. The monoisotopic (exact) mass is 339 g/mol. The molecule has 4 heterocycles.